The molecule has 0 aliphatic carbocycles. The van der Waals surface area contributed by atoms with Gasteiger partial charge in [-0.25, -0.2) is 4.79 Å². The molecule has 0 bridgehead atoms. The van der Waals surface area contributed by atoms with Crippen molar-refractivity contribution in [2.45, 2.75) is 39.7 Å². The predicted octanol–water partition coefficient (Wildman–Crippen LogP) is 2.56. The Bertz CT molecular complexity index is 433. The number of ether oxygens (including phenoxy) is 2. The molecule has 1 unspecified atom stereocenters. The molecule has 112 valence electrons. The molecular formula is C16H25NO3. The molecule has 0 aliphatic heterocycles. The summed E-state index contributed by atoms with van der Waals surface area (Å²) >= 11 is 0. The lowest BCUT2D eigenvalue weighted by atomic mass is 10.0. The van der Waals surface area contributed by atoms with Crippen LogP contribution in [-0.2, 0) is 16.0 Å². The molecule has 0 fully saturated rings. The highest BCUT2D eigenvalue weighted by molar-refractivity contribution is 5.80. The van der Waals surface area contributed by atoms with Gasteiger partial charge in [0.1, 0.15) is 17.9 Å². The Hall–Kier alpha value is -1.55. The van der Waals surface area contributed by atoms with E-state index >= 15 is 0 Å². The third kappa shape index (κ3) is 4.23. The van der Waals surface area contributed by atoms with Gasteiger partial charge in [0.25, 0.3) is 0 Å². The summed E-state index contributed by atoms with van der Waals surface area (Å²) in [5, 5.41) is 3.15. The SMILES string of the molecule is CCNC(C)(COc1ccccc1CC)C(=O)OCC. The fourth-order valence-electron chi connectivity index (χ4n) is 2.02. The molecule has 0 aliphatic rings. The first-order valence-corrected chi connectivity index (χ1v) is 7.20. The monoisotopic (exact) mass is 279 g/mol. The molecule has 1 rings (SSSR count). The number of para-hydroxylation sites is 1. The number of carbonyl (C=O) groups is 1. The van der Waals surface area contributed by atoms with E-state index in [4.69, 9.17) is 9.47 Å². The highest BCUT2D eigenvalue weighted by Gasteiger charge is 2.35. The van der Waals surface area contributed by atoms with E-state index in [1.165, 1.54) is 0 Å². The largest absolute Gasteiger partial charge is 0.491 e. The maximum absolute atomic E-state index is 12.1. The number of rotatable bonds is 8. The normalized spacial score (nSPS) is 13.6. The molecule has 1 N–H and O–H groups in total. The molecule has 0 spiro atoms. The van der Waals surface area contributed by atoms with E-state index in [1.54, 1.807) is 6.92 Å². The van der Waals surface area contributed by atoms with Crippen LogP contribution in [0.4, 0.5) is 0 Å². The van der Waals surface area contributed by atoms with E-state index in [-0.39, 0.29) is 12.6 Å². The summed E-state index contributed by atoms with van der Waals surface area (Å²) in [6.45, 7) is 8.94. The average Bonchev–Trinajstić information content (AvgIpc) is 2.46. The lowest BCUT2D eigenvalue weighted by Gasteiger charge is -2.28. The van der Waals surface area contributed by atoms with Crippen molar-refractivity contribution in [2.24, 2.45) is 0 Å². The standard InChI is InChI=1S/C16H25NO3/c1-5-13-10-8-9-11-14(13)20-12-16(4,17-6-2)15(18)19-7-3/h8-11,17H,5-7,12H2,1-4H3. The molecule has 0 saturated carbocycles. The second-order valence-electron chi connectivity index (χ2n) is 4.83. The van der Waals surface area contributed by atoms with E-state index < -0.39 is 5.54 Å². The van der Waals surface area contributed by atoms with Crippen LogP contribution in [0.2, 0.25) is 0 Å². The minimum absolute atomic E-state index is 0.247. The van der Waals surface area contributed by atoms with Crippen LogP contribution in [0.5, 0.6) is 5.75 Å². The lowest BCUT2D eigenvalue weighted by molar-refractivity contribution is -0.151. The van der Waals surface area contributed by atoms with Gasteiger partial charge in [0, 0.05) is 0 Å². The Morgan fingerprint density at radius 1 is 1.25 bits per heavy atom. The molecule has 1 atom stereocenters. The van der Waals surface area contributed by atoms with Crippen LogP contribution in [0, 0.1) is 0 Å². The van der Waals surface area contributed by atoms with Gasteiger partial charge in [0.2, 0.25) is 0 Å². The summed E-state index contributed by atoms with van der Waals surface area (Å²) in [5.74, 6) is 0.541. The topological polar surface area (TPSA) is 47.6 Å². The van der Waals surface area contributed by atoms with Gasteiger partial charge in [0.05, 0.1) is 6.61 Å². The van der Waals surface area contributed by atoms with Gasteiger partial charge in [0.15, 0.2) is 0 Å². The molecule has 20 heavy (non-hydrogen) atoms. The highest BCUT2D eigenvalue weighted by atomic mass is 16.5. The maximum Gasteiger partial charge on any atom is 0.329 e. The van der Waals surface area contributed by atoms with E-state index in [2.05, 4.69) is 12.2 Å². The van der Waals surface area contributed by atoms with Crippen molar-refractivity contribution in [2.75, 3.05) is 19.8 Å². The molecule has 0 aromatic heterocycles. The van der Waals surface area contributed by atoms with Crippen LogP contribution in [0.3, 0.4) is 0 Å². The number of carbonyl (C=O) groups excluding carboxylic acids is 1. The Kier molecular flexibility index (Phi) is 6.52. The summed E-state index contributed by atoms with van der Waals surface area (Å²) in [7, 11) is 0. The number of hydrogen-bond acceptors (Lipinski definition) is 4. The summed E-state index contributed by atoms with van der Waals surface area (Å²) in [6, 6.07) is 7.88. The molecule has 0 saturated heterocycles. The summed E-state index contributed by atoms with van der Waals surface area (Å²) in [6.07, 6.45) is 0.896. The van der Waals surface area contributed by atoms with E-state index in [0.717, 1.165) is 17.7 Å². The first-order chi connectivity index (χ1) is 9.57. The third-order valence-corrected chi connectivity index (χ3v) is 3.16. The first-order valence-electron chi connectivity index (χ1n) is 7.20. The van der Waals surface area contributed by atoms with Crippen LogP contribution in [0.25, 0.3) is 0 Å². The zero-order chi connectivity index (χ0) is 15.0. The maximum atomic E-state index is 12.1. The van der Waals surface area contributed by atoms with Gasteiger partial charge in [-0.05, 0) is 38.4 Å². The fraction of sp³-hybridized carbons (Fsp3) is 0.562. The average molecular weight is 279 g/mol. The molecule has 0 radical (unpaired) electrons. The van der Waals surface area contributed by atoms with Gasteiger partial charge in [-0.15, -0.1) is 0 Å². The predicted molar refractivity (Wildman–Crippen MR) is 80.0 cm³/mol. The number of nitrogens with one attached hydrogen (secondary N) is 1. The van der Waals surface area contributed by atoms with Gasteiger partial charge in [-0.1, -0.05) is 32.0 Å². The van der Waals surface area contributed by atoms with Crippen LogP contribution >= 0.6 is 0 Å². The number of benzene rings is 1. The van der Waals surface area contributed by atoms with Crippen LogP contribution < -0.4 is 10.1 Å². The Labute approximate surface area is 121 Å². The molecule has 0 amide bonds. The molecule has 0 heterocycles. The Morgan fingerprint density at radius 3 is 2.55 bits per heavy atom. The van der Waals surface area contributed by atoms with Crippen molar-refractivity contribution in [3.05, 3.63) is 29.8 Å². The molecule has 4 nitrogen and oxygen atoms in total. The number of hydrogen-bond donors (Lipinski definition) is 1. The van der Waals surface area contributed by atoms with Crippen LogP contribution in [0.1, 0.15) is 33.3 Å². The van der Waals surface area contributed by atoms with Crippen LogP contribution in [-0.4, -0.2) is 31.3 Å². The number of esters is 1. The van der Waals surface area contributed by atoms with Gasteiger partial charge in [-0.3, -0.25) is 5.32 Å². The van der Waals surface area contributed by atoms with E-state index in [1.807, 2.05) is 38.1 Å². The molecule has 4 heteroatoms. The zero-order valence-electron chi connectivity index (χ0n) is 12.9. The van der Waals surface area contributed by atoms with Crippen molar-refractivity contribution in [1.82, 2.24) is 5.32 Å². The Morgan fingerprint density at radius 2 is 1.95 bits per heavy atom. The van der Waals surface area contributed by atoms with Gasteiger partial charge >= 0.3 is 5.97 Å². The first kappa shape index (κ1) is 16.5. The van der Waals surface area contributed by atoms with Crippen LogP contribution in [0.15, 0.2) is 24.3 Å². The second-order valence-corrected chi connectivity index (χ2v) is 4.83. The van der Waals surface area contributed by atoms with Crippen molar-refractivity contribution in [3.8, 4) is 5.75 Å². The van der Waals surface area contributed by atoms with Crippen molar-refractivity contribution in [1.29, 1.82) is 0 Å². The highest BCUT2D eigenvalue weighted by Crippen LogP contribution is 2.20. The molecule has 1 aromatic rings. The van der Waals surface area contributed by atoms with E-state index in [0.29, 0.717) is 13.2 Å². The quantitative estimate of drug-likeness (QED) is 0.743. The third-order valence-electron chi connectivity index (χ3n) is 3.16. The Balaban J connectivity index is 2.78. The minimum Gasteiger partial charge on any atom is -0.491 e. The number of likely N-dealkylation sites (N-methyl/N-ethyl adjacent to an activating group) is 1. The summed E-state index contributed by atoms with van der Waals surface area (Å²) in [4.78, 5) is 12.1. The summed E-state index contributed by atoms with van der Waals surface area (Å²) < 4.78 is 11.0. The fourth-order valence-corrected chi connectivity index (χ4v) is 2.02. The van der Waals surface area contributed by atoms with Crippen molar-refractivity contribution in [3.63, 3.8) is 0 Å². The zero-order valence-corrected chi connectivity index (χ0v) is 12.9. The lowest BCUT2D eigenvalue weighted by Crippen LogP contribution is -2.54. The summed E-state index contributed by atoms with van der Waals surface area (Å²) in [5.41, 5.74) is 0.307. The van der Waals surface area contributed by atoms with Gasteiger partial charge < -0.3 is 9.47 Å². The minimum atomic E-state index is -0.828. The number of aryl methyl sites for hydroxylation is 1. The second kappa shape index (κ2) is 7.90. The van der Waals surface area contributed by atoms with Crippen molar-refractivity contribution >= 4 is 5.97 Å². The van der Waals surface area contributed by atoms with Gasteiger partial charge in [-0.2, -0.15) is 0 Å². The van der Waals surface area contributed by atoms with Crippen molar-refractivity contribution < 1.29 is 14.3 Å². The smallest absolute Gasteiger partial charge is 0.329 e. The molecular weight excluding hydrogens is 254 g/mol. The molecule has 1 aromatic carbocycles. The van der Waals surface area contributed by atoms with E-state index in [9.17, 15) is 4.79 Å².